The molecule has 0 aliphatic heterocycles. The Hall–Kier alpha value is -0.710. The molecule has 1 fully saturated rings. The highest BCUT2D eigenvalue weighted by Gasteiger charge is 2.29. The number of aromatic nitrogens is 1. The average Bonchev–Trinajstić information content (AvgIpc) is 3.14. The van der Waals surface area contributed by atoms with Crippen LogP contribution in [0.1, 0.15) is 42.1 Å². The summed E-state index contributed by atoms with van der Waals surface area (Å²) in [6.07, 6.45) is 4.68. The molecule has 2 aliphatic rings. The molecule has 21 heavy (non-hydrogen) atoms. The van der Waals surface area contributed by atoms with E-state index in [9.17, 15) is 4.79 Å². The van der Waals surface area contributed by atoms with Crippen molar-refractivity contribution >= 4 is 46.6 Å². The number of hydrogen-bond donors (Lipinski definition) is 1. The number of ether oxygens (including phenoxy) is 1. The van der Waals surface area contributed by atoms with E-state index >= 15 is 0 Å². The van der Waals surface area contributed by atoms with Gasteiger partial charge in [0.1, 0.15) is 6.61 Å². The van der Waals surface area contributed by atoms with Crippen molar-refractivity contribution in [1.82, 2.24) is 4.98 Å². The number of fused-ring (bicyclic) bond motifs is 1. The van der Waals surface area contributed by atoms with Crippen LogP contribution in [0.2, 0.25) is 0 Å². The van der Waals surface area contributed by atoms with Gasteiger partial charge in [-0.05, 0) is 43.7 Å². The SMILES string of the molecule is O=C(Nc1cc(C2CC2)nc2c1CCC2)OCC(Cl)(Cl)Cl. The first kappa shape index (κ1) is 15.2. The molecule has 1 aromatic heterocycles. The number of hydrogen-bond acceptors (Lipinski definition) is 3. The highest BCUT2D eigenvalue weighted by atomic mass is 35.6. The fraction of sp³-hybridized carbons (Fsp3) is 0.571. The maximum atomic E-state index is 11.8. The van der Waals surface area contributed by atoms with Crippen molar-refractivity contribution in [3.05, 3.63) is 23.0 Å². The third-order valence-corrected chi connectivity index (χ3v) is 4.00. The van der Waals surface area contributed by atoms with Crippen LogP contribution >= 0.6 is 34.8 Å². The van der Waals surface area contributed by atoms with Crippen molar-refractivity contribution in [2.45, 2.75) is 41.8 Å². The summed E-state index contributed by atoms with van der Waals surface area (Å²) in [5, 5.41) is 2.76. The van der Waals surface area contributed by atoms with Gasteiger partial charge in [-0.3, -0.25) is 10.3 Å². The maximum Gasteiger partial charge on any atom is 0.411 e. The van der Waals surface area contributed by atoms with Gasteiger partial charge in [-0.2, -0.15) is 0 Å². The molecule has 1 aromatic rings. The molecule has 4 nitrogen and oxygen atoms in total. The van der Waals surface area contributed by atoms with Gasteiger partial charge < -0.3 is 4.74 Å². The molecule has 0 aromatic carbocycles. The van der Waals surface area contributed by atoms with Crippen LogP contribution in [0.15, 0.2) is 6.07 Å². The summed E-state index contributed by atoms with van der Waals surface area (Å²) in [4.78, 5) is 16.5. The summed E-state index contributed by atoms with van der Waals surface area (Å²) in [7, 11) is 0. The second-order valence-electron chi connectivity index (χ2n) is 5.46. The lowest BCUT2D eigenvalue weighted by Crippen LogP contribution is -2.22. The summed E-state index contributed by atoms with van der Waals surface area (Å²) in [5.41, 5.74) is 4.04. The summed E-state index contributed by atoms with van der Waals surface area (Å²) >= 11 is 16.7. The van der Waals surface area contributed by atoms with Crippen LogP contribution < -0.4 is 5.32 Å². The number of alkyl halides is 3. The Balaban J connectivity index is 1.74. The molecule has 1 amide bonds. The third-order valence-electron chi connectivity index (χ3n) is 3.67. The molecule has 0 bridgehead atoms. The molecule has 1 saturated carbocycles. The summed E-state index contributed by atoms with van der Waals surface area (Å²) < 4.78 is 3.32. The van der Waals surface area contributed by atoms with E-state index in [0.717, 1.165) is 41.9 Å². The van der Waals surface area contributed by atoms with Crippen LogP contribution in [0, 0.1) is 0 Å². The molecular weight excluding hydrogens is 335 g/mol. The highest BCUT2D eigenvalue weighted by molar-refractivity contribution is 6.67. The number of aryl methyl sites for hydroxylation is 1. The topological polar surface area (TPSA) is 51.2 Å². The van der Waals surface area contributed by atoms with E-state index in [1.54, 1.807) is 0 Å². The Morgan fingerprint density at radius 3 is 2.81 bits per heavy atom. The molecule has 114 valence electrons. The van der Waals surface area contributed by atoms with Crippen LogP contribution in [0.5, 0.6) is 0 Å². The van der Waals surface area contributed by atoms with Crippen LogP contribution in [-0.4, -0.2) is 21.5 Å². The van der Waals surface area contributed by atoms with Crippen LogP contribution in [0.3, 0.4) is 0 Å². The van der Waals surface area contributed by atoms with Crippen molar-refractivity contribution in [2.24, 2.45) is 0 Å². The Kier molecular flexibility index (Phi) is 4.21. The van der Waals surface area contributed by atoms with E-state index in [2.05, 4.69) is 5.32 Å². The monoisotopic (exact) mass is 348 g/mol. The molecule has 1 heterocycles. The zero-order valence-corrected chi connectivity index (χ0v) is 13.6. The fourth-order valence-corrected chi connectivity index (χ4v) is 2.72. The predicted octanol–water partition coefficient (Wildman–Crippen LogP) is 4.37. The summed E-state index contributed by atoms with van der Waals surface area (Å²) in [6, 6.07) is 1.96. The average molecular weight is 350 g/mol. The molecule has 0 atom stereocenters. The van der Waals surface area contributed by atoms with Gasteiger partial charge in [0, 0.05) is 17.3 Å². The number of rotatable bonds is 3. The van der Waals surface area contributed by atoms with Crippen LogP contribution in [0.25, 0.3) is 0 Å². The Labute approximate surface area is 138 Å². The van der Waals surface area contributed by atoms with Crippen molar-refractivity contribution in [3.63, 3.8) is 0 Å². The quantitative estimate of drug-likeness (QED) is 0.825. The standard InChI is InChI=1S/C14H15Cl3N2O2/c15-14(16,17)7-21-13(20)19-12-6-11(8-4-5-8)18-10-3-1-2-9(10)12/h6,8H,1-5,7H2,(H,18,19,20). The number of amides is 1. The third kappa shape index (κ3) is 3.93. The van der Waals surface area contributed by atoms with Gasteiger partial charge in [-0.25, -0.2) is 4.79 Å². The molecule has 0 radical (unpaired) electrons. The van der Waals surface area contributed by atoms with Gasteiger partial charge in [0.25, 0.3) is 0 Å². The van der Waals surface area contributed by atoms with Crippen LogP contribution in [0.4, 0.5) is 10.5 Å². The minimum Gasteiger partial charge on any atom is -0.445 e. The maximum absolute atomic E-state index is 11.8. The smallest absolute Gasteiger partial charge is 0.411 e. The largest absolute Gasteiger partial charge is 0.445 e. The first-order valence-corrected chi connectivity index (χ1v) is 8.09. The lowest BCUT2D eigenvalue weighted by Gasteiger charge is -2.14. The first-order chi connectivity index (χ1) is 9.92. The first-order valence-electron chi connectivity index (χ1n) is 6.95. The van der Waals surface area contributed by atoms with E-state index in [-0.39, 0.29) is 6.61 Å². The van der Waals surface area contributed by atoms with Gasteiger partial charge in [0.05, 0.1) is 5.69 Å². The summed E-state index contributed by atoms with van der Waals surface area (Å²) in [5.74, 6) is 0.536. The molecule has 2 aliphatic carbocycles. The minimum absolute atomic E-state index is 0.285. The molecule has 1 N–H and O–H groups in total. The van der Waals surface area contributed by atoms with E-state index in [4.69, 9.17) is 44.5 Å². The number of halogens is 3. The van der Waals surface area contributed by atoms with Crippen molar-refractivity contribution in [2.75, 3.05) is 11.9 Å². The number of carbonyl (C=O) groups excluding carboxylic acids is 1. The minimum atomic E-state index is -1.60. The molecule has 0 unspecified atom stereocenters. The number of pyridine rings is 1. The zero-order valence-electron chi connectivity index (χ0n) is 11.3. The van der Waals surface area contributed by atoms with Gasteiger partial charge >= 0.3 is 6.09 Å². The predicted molar refractivity (Wildman–Crippen MR) is 83.5 cm³/mol. The van der Waals surface area contributed by atoms with Gasteiger partial charge in [-0.1, -0.05) is 34.8 Å². The number of nitrogens with one attached hydrogen (secondary N) is 1. The van der Waals surface area contributed by atoms with Gasteiger partial charge in [0.2, 0.25) is 3.79 Å². The summed E-state index contributed by atoms with van der Waals surface area (Å²) in [6.45, 7) is -0.285. The van der Waals surface area contributed by atoms with Crippen molar-refractivity contribution in [3.8, 4) is 0 Å². The Morgan fingerprint density at radius 2 is 2.14 bits per heavy atom. The number of anilines is 1. The van der Waals surface area contributed by atoms with Crippen LogP contribution in [-0.2, 0) is 17.6 Å². The zero-order chi connectivity index (χ0) is 15.0. The molecule has 7 heteroatoms. The normalized spacial score (nSPS) is 17.5. The fourth-order valence-electron chi connectivity index (χ4n) is 2.56. The molecule has 0 spiro atoms. The van der Waals surface area contributed by atoms with E-state index in [1.807, 2.05) is 6.07 Å². The Morgan fingerprint density at radius 1 is 1.38 bits per heavy atom. The molecular formula is C14H15Cl3N2O2. The molecule has 3 rings (SSSR count). The van der Waals surface area contributed by atoms with Crippen molar-refractivity contribution in [1.29, 1.82) is 0 Å². The van der Waals surface area contributed by atoms with E-state index in [0.29, 0.717) is 5.92 Å². The Bertz CT molecular complexity index is 568. The van der Waals surface area contributed by atoms with Gasteiger partial charge in [-0.15, -0.1) is 0 Å². The van der Waals surface area contributed by atoms with E-state index in [1.165, 1.54) is 12.8 Å². The molecule has 0 saturated heterocycles. The lowest BCUT2D eigenvalue weighted by molar-refractivity contribution is 0.164. The van der Waals surface area contributed by atoms with Gasteiger partial charge in [0.15, 0.2) is 0 Å². The number of nitrogens with zero attached hydrogens (tertiary/aromatic N) is 1. The highest BCUT2D eigenvalue weighted by Crippen LogP contribution is 2.41. The number of carbonyl (C=O) groups is 1. The second kappa shape index (κ2) is 5.82. The van der Waals surface area contributed by atoms with Crippen molar-refractivity contribution < 1.29 is 9.53 Å². The van der Waals surface area contributed by atoms with E-state index < -0.39 is 9.89 Å². The lowest BCUT2D eigenvalue weighted by atomic mass is 10.1. The second-order valence-corrected chi connectivity index (χ2v) is 7.98.